The summed E-state index contributed by atoms with van der Waals surface area (Å²) in [7, 11) is 0. The average molecular weight is 296 g/mol. The van der Waals surface area contributed by atoms with E-state index in [1.54, 1.807) is 0 Å². The number of carbonyl (C=O) groups excluding carboxylic acids is 1. The lowest BCUT2D eigenvalue weighted by atomic mass is 9.89. The first-order chi connectivity index (χ1) is 9.90. The van der Waals surface area contributed by atoms with E-state index >= 15 is 0 Å². The number of nitrogens with zero attached hydrogens (tertiary/aromatic N) is 1. The molecular formula is C17H32N2O2. The van der Waals surface area contributed by atoms with Crippen LogP contribution in [0, 0.1) is 11.3 Å². The second-order valence-corrected chi connectivity index (χ2v) is 7.93. The summed E-state index contributed by atoms with van der Waals surface area (Å²) in [5, 5.41) is 12.5. The van der Waals surface area contributed by atoms with E-state index < -0.39 is 0 Å². The molecule has 2 unspecified atom stereocenters. The van der Waals surface area contributed by atoms with Crippen molar-refractivity contribution >= 4 is 5.91 Å². The molecule has 1 saturated heterocycles. The number of carbonyl (C=O) groups is 1. The summed E-state index contributed by atoms with van der Waals surface area (Å²) in [4.78, 5) is 14.8. The van der Waals surface area contributed by atoms with Gasteiger partial charge in [0.05, 0.1) is 0 Å². The minimum absolute atomic E-state index is 0.142. The highest BCUT2D eigenvalue weighted by atomic mass is 16.3. The lowest BCUT2D eigenvalue weighted by Gasteiger charge is -2.41. The molecule has 0 radical (unpaired) electrons. The van der Waals surface area contributed by atoms with Gasteiger partial charge in [0.2, 0.25) is 5.91 Å². The van der Waals surface area contributed by atoms with E-state index in [1.807, 2.05) is 20.8 Å². The van der Waals surface area contributed by atoms with Crippen LogP contribution < -0.4 is 5.32 Å². The maximum Gasteiger partial charge on any atom is 0.225 e. The fraction of sp³-hybridized carbons (Fsp3) is 0.941. The van der Waals surface area contributed by atoms with Gasteiger partial charge in [-0.15, -0.1) is 0 Å². The Kier molecular flexibility index (Phi) is 5.67. The molecule has 1 heterocycles. The highest BCUT2D eigenvalue weighted by Crippen LogP contribution is 2.29. The molecule has 0 spiro atoms. The Hall–Kier alpha value is -0.610. The molecule has 4 nitrogen and oxygen atoms in total. The van der Waals surface area contributed by atoms with Crippen LogP contribution in [0.25, 0.3) is 0 Å². The normalized spacial score (nSPS) is 28.8. The minimum Gasteiger partial charge on any atom is -0.396 e. The van der Waals surface area contributed by atoms with Crippen molar-refractivity contribution in [2.75, 3.05) is 19.7 Å². The van der Waals surface area contributed by atoms with Gasteiger partial charge < -0.3 is 10.4 Å². The highest BCUT2D eigenvalue weighted by Gasteiger charge is 2.34. The molecule has 21 heavy (non-hydrogen) atoms. The molecule has 2 rings (SSSR count). The van der Waals surface area contributed by atoms with Gasteiger partial charge in [0.15, 0.2) is 0 Å². The smallest absolute Gasteiger partial charge is 0.225 e. The Labute approximate surface area is 129 Å². The van der Waals surface area contributed by atoms with Crippen LogP contribution in [0.3, 0.4) is 0 Å². The maximum absolute atomic E-state index is 12.2. The third-order valence-corrected chi connectivity index (χ3v) is 4.96. The van der Waals surface area contributed by atoms with Gasteiger partial charge >= 0.3 is 0 Å². The van der Waals surface area contributed by atoms with Crippen molar-refractivity contribution in [3.05, 3.63) is 0 Å². The predicted molar refractivity (Wildman–Crippen MR) is 85.0 cm³/mol. The Morgan fingerprint density at radius 3 is 2.48 bits per heavy atom. The molecule has 0 aromatic heterocycles. The fourth-order valence-electron chi connectivity index (χ4n) is 3.71. The van der Waals surface area contributed by atoms with Crippen LogP contribution in [-0.2, 0) is 4.79 Å². The first-order valence-electron chi connectivity index (χ1n) is 8.56. The van der Waals surface area contributed by atoms with Gasteiger partial charge in [0.25, 0.3) is 0 Å². The summed E-state index contributed by atoms with van der Waals surface area (Å²) in [6.07, 6.45) is 7.13. The molecule has 4 heteroatoms. The molecule has 0 bridgehead atoms. The van der Waals surface area contributed by atoms with Crippen LogP contribution in [0.5, 0.6) is 0 Å². The largest absolute Gasteiger partial charge is 0.396 e. The summed E-state index contributed by atoms with van der Waals surface area (Å²) in [5.74, 6) is 0.651. The molecule has 122 valence electrons. The van der Waals surface area contributed by atoms with E-state index in [4.69, 9.17) is 0 Å². The molecule has 2 aliphatic rings. The molecule has 1 amide bonds. The molecule has 0 aromatic rings. The number of likely N-dealkylation sites (tertiary alicyclic amines) is 1. The van der Waals surface area contributed by atoms with Crippen molar-refractivity contribution in [3.63, 3.8) is 0 Å². The van der Waals surface area contributed by atoms with Crippen molar-refractivity contribution < 1.29 is 9.90 Å². The van der Waals surface area contributed by atoms with Crippen molar-refractivity contribution in [1.29, 1.82) is 0 Å². The number of nitrogens with one attached hydrogen (secondary N) is 1. The van der Waals surface area contributed by atoms with Gasteiger partial charge in [0, 0.05) is 37.2 Å². The van der Waals surface area contributed by atoms with E-state index in [0.29, 0.717) is 12.0 Å². The summed E-state index contributed by atoms with van der Waals surface area (Å²) < 4.78 is 0. The van der Waals surface area contributed by atoms with Crippen LogP contribution in [0.2, 0.25) is 0 Å². The van der Waals surface area contributed by atoms with E-state index in [1.165, 1.54) is 25.7 Å². The third kappa shape index (κ3) is 4.68. The average Bonchev–Trinajstić information content (AvgIpc) is 2.91. The highest BCUT2D eigenvalue weighted by molar-refractivity contribution is 5.81. The number of aliphatic hydroxyl groups excluding tert-OH is 1. The number of amides is 1. The van der Waals surface area contributed by atoms with Crippen LogP contribution in [0.1, 0.15) is 59.3 Å². The quantitative estimate of drug-likeness (QED) is 0.836. The summed E-state index contributed by atoms with van der Waals surface area (Å²) in [5.41, 5.74) is -0.331. The molecular weight excluding hydrogens is 264 g/mol. The van der Waals surface area contributed by atoms with Gasteiger partial charge in [-0.25, -0.2) is 0 Å². The lowest BCUT2D eigenvalue weighted by molar-refractivity contribution is -0.129. The predicted octanol–water partition coefficient (Wildman–Crippen LogP) is 2.16. The summed E-state index contributed by atoms with van der Waals surface area (Å²) in [6.45, 7) is 8.21. The molecule has 2 N–H and O–H groups in total. The van der Waals surface area contributed by atoms with Crippen molar-refractivity contribution in [3.8, 4) is 0 Å². The number of aliphatic hydroxyl groups is 1. The third-order valence-electron chi connectivity index (χ3n) is 4.96. The van der Waals surface area contributed by atoms with Crippen LogP contribution in [0.4, 0.5) is 0 Å². The fourth-order valence-corrected chi connectivity index (χ4v) is 3.71. The Bertz CT molecular complexity index is 345. The zero-order chi connectivity index (χ0) is 15.5. The Morgan fingerprint density at radius 2 is 1.90 bits per heavy atom. The molecule has 0 aromatic carbocycles. The van der Waals surface area contributed by atoms with E-state index in [2.05, 4.69) is 10.2 Å². The van der Waals surface area contributed by atoms with Crippen molar-refractivity contribution in [2.45, 2.75) is 71.4 Å². The summed E-state index contributed by atoms with van der Waals surface area (Å²) in [6, 6.07) is 0.933. The standard InChI is InChI=1S/C17H32N2O2/c1-17(2,3)16(21)18-14-10-13(8-9-20)11-19(12-14)15-6-4-5-7-15/h13-15,20H,4-12H2,1-3H3,(H,18,21). The zero-order valence-corrected chi connectivity index (χ0v) is 13.9. The lowest BCUT2D eigenvalue weighted by Crippen LogP contribution is -2.55. The molecule has 2 fully saturated rings. The zero-order valence-electron chi connectivity index (χ0n) is 13.9. The number of hydrogen-bond acceptors (Lipinski definition) is 3. The topological polar surface area (TPSA) is 52.6 Å². The number of hydrogen-bond donors (Lipinski definition) is 2. The van der Waals surface area contributed by atoms with Gasteiger partial charge in [0.1, 0.15) is 0 Å². The first-order valence-corrected chi connectivity index (χ1v) is 8.56. The van der Waals surface area contributed by atoms with Gasteiger partial charge in [-0.05, 0) is 31.6 Å². The first kappa shape index (κ1) is 16.8. The number of rotatable bonds is 4. The molecule has 1 aliphatic carbocycles. The maximum atomic E-state index is 12.2. The minimum atomic E-state index is -0.331. The molecule has 1 saturated carbocycles. The monoisotopic (exact) mass is 296 g/mol. The van der Waals surface area contributed by atoms with Gasteiger partial charge in [-0.3, -0.25) is 9.69 Å². The van der Waals surface area contributed by atoms with Crippen molar-refractivity contribution in [1.82, 2.24) is 10.2 Å². The van der Waals surface area contributed by atoms with Crippen molar-refractivity contribution in [2.24, 2.45) is 11.3 Å². The van der Waals surface area contributed by atoms with E-state index in [0.717, 1.165) is 25.9 Å². The Balaban J connectivity index is 1.97. The van der Waals surface area contributed by atoms with Crippen LogP contribution in [-0.4, -0.2) is 47.7 Å². The second kappa shape index (κ2) is 7.10. The molecule has 1 aliphatic heterocycles. The van der Waals surface area contributed by atoms with Gasteiger partial charge in [-0.2, -0.15) is 0 Å². The SMILES string of the molecule is CC(C)(C)C(=O)NC1CC(CCO)CN(C2CCCC2)C1. The number of piperidine rings is 1. The van der Waals surface area contributed by atoms with Crippen LogP contribution in [0.15, 0.2) is 0 Å². The van der Waals surface area contributed by atoms with Crippen LogP contribution >= 0.6 is 0 Å². The molecule has 2 atom stereocenters. The Morgan fingerprint density at radius 1 is 1.24 bits per heavy atom. The van der Waals surface area contributed by atoms with E-state index in [-0.39, 0.29) is 24.0 Å². The van der Waals surface area contributed by atoms with Gasteiger partial charge in [-0.1, -0.05) is 33.6 Å². The van der Waals surface area contributed by atoms with E-state index in [9.17, 15) is 9.90 Å². The second-order valence-electron chi connectivity index (χ2n) is 7.93. The summed E-state index contributed by atoms with van der Waals surface area (Å²) >= 11 is 0.